The van der Waals surface area contributed by atoms with E-state index >= 15 is 0 Å². The van der Waals surface area contributed by atoms with Crippen LogP contribution in [0.2, 0.25) is 0 Å². The average Bonchev–Trinajstić information content (AvgIpc) is 1.80. The van der Waals surface area contributed by atoms with Crippen LogP contribution in [0.1, 0.15) is 20.3 Å². The van der Waals surface area contributed by atoms with Gasteiger partial charge in [-0.15, -0.1) is 0 Å². The molecule has 2 amide bonds. The van der Waals surface area contributed by atoms with Crippen molar-refractivity contribution in [1.29, 1.82) is 0 Å². The summed E-state index contributed by atoms with van der Waals surface area (Å²) in [6.45, 7) is 4.36. The quantitative estimate of drug-likeness (QED) is 0.664. The molecule has 1 heterocycles. The normalized spacial score (nSPS) is 16.3. The third kappa shape index (κ3) is 2.11. The molecule has 74 valence electrons. The first-order chi connectivity index (χ1) is 5.93. The van der Waals surface area contributed by atoms with E-state index in [1.807, 2.05) is 0 Å². The Balaban J connectivity index is 2.46. The van der Waals surface area contributed by atoms with Crippen LogP contribution in [-0.4, -0.2) is 35.6 Å². The minimum atomic E-state index is -1.22. The molecule has 1 rings (SSSR count). The Morgan fingerprint density at radius 1 is 1.38 bits per heavy atom. The van der Waals surface area contributed by atoms with Crippen LogP contribution in [0.25, 0.3) is 0 Å². The number of rotatable bonds is 2. The lowest BCUT2D eigenvalue weighted by atomic mass is 10.1. The Bertz CT molecular complexity index is 234. The number of amides is 2. The van der Waals surface area contributed by atoms with E-state index in [1.54, 1.807) is 0 Å². The molecule has 5 nitrogen and oxygen atoms in total. The molecule has 0 bridgehead atoms. The fourth-order valence-corrected chi connectivity index (χ4v) is 0.832. The van der Waals surface area contributed by atoms with Crippen molar-refractivity contribution in [2.45, 2.75) is 25.9 Å². The Kier molecular flexibility index (Phi) is 2.45. The number of ether oxygens (including phenoxy) is 1. The molecular formula is C8H14N2O3. The van der Waals surface area contributed by atoms with Gasteiger partial charge >= 0.3 is 6.09 Å². The summed E-state index contributed by atoms with van der Waals surface area (Å²) in [6.07, 6.45) is 0.529. The molecule has 0 radical (unpaired) electrons. The van der Waals surface area contributed by atoms with Gasteiger partial charge in [0.2, 0.25) is 0 Å². The first kappa shape index (κ1) is 9.83. The molecule has 0 unspecified atom stereocenters. The van der Waals surface area contributed by atoms with Crippen LogP contribution in [0, 0.1) is 0 Å². The summed E-state index contributed by atoms with van der Waals surface area (Å²) >= 11 is 0. The van der Waals surface area contributed by atoms with Gasteiger partial charge in [-0.05, 0) is 20.3 Å². The van der Waals surface area contributed by atoms with E-state index in [9.17, 15) is 9.59 Å². The average molecular weight is 186 g/mol. The SMILES string of the molecule is CC(C)(OC(=O)N1CCC1)C(N)=O. The van der Waals surface area contributed by atoms with E-state index in [-0.39, 0.29) is 0 Å². The first-order valence-corrected chi connectivity index (χ1v) is 4.21. The van der Waals surface area contributed by atoms with Gasteiger partial charge in [0.1, 0.15) is 0 Å². The molecule has 13 heavy (non-hydrogen) atoms. The molecule has 1 saturated heterocycles. The van der Waals surface area contributed by atoms with Crippen molar-refractivity contribution in [3.8, 4) is 0 Å². The zero-order valence-electron chi connectivity index (χ0n) is 7.87. The minimum absolute atomic E-state index is 0.463. The highest BCUT2D eigenvalue weighted by Gasteiger charge is 2.33. The van der Waals surface area contributed by atoms with Gasteiger partial charge in [0, 0.05) is 13.1 Å². The molecule has 1 aliphatic heterocycles. The van der Waals surface area contributed by atoms with Gasteiger partial charge in [0.05, 0.1) is 0 Å². The number of hydrogen-bond donors (Lipinski definition) is 1. The van der Waals surface area contributed by atoms with Crippen LogP contribution in [-0.2, 0) is 9.53 Å². The maximum atomic E-state index is 11.2. The summed E-state index contributed by atoms with van der Waals surface area (Å²) in [5.74, 6) is -0.638. The van der Waals surface area contributed by atoms with Gasteiger partial charge in [0.15, 0.2) is 5.60 Å². The highest BCUT2D eigenvalue weighted by Crippen LogP contribution is 2.14. The second-order valence-electron chi connectivity index (χ2n) is 3.58. The van der Waals surface area contributed by atoms with Gasteiger partial charge < -0.3 is 15.4 Å². The fourth-order valence-electron chi connectivity index (χ4n) is 0.832. The molecule has 0 aromatic heterocycles. The van der Waals surface area contributed by atoms with Crippen LogP contribution in [0.3, 0.4) is 0 Å². The number of primary amides is 1. The van der Waals surface area contributed by atoms with E-state index in [1.165, 1.54) is 18.7 Å². The molecule has 5 heteroatoms. The van der Waals surface area contributed by atoms with Crippen LogP contribution in [0.4, 0.5) is 4.79 Å². The third-order valence-electron chi connectivity index (χ3n) is 2.05. The molecule has 1 aliphatic rings. The molecular weight excluding hydrogens is 172 g/mol. The minimum Gasteiger partial charge on any atom is -0.433 e. The summed E-state index contributed by atoms with van der Waals surface area (Å²) in [7, 11) is 0. The predicted octanol–water partition coefficient (Wildman–Crippen LogP) is 0.0926. The Hall–Kier alpha value is -1.26. The van der Waals surface area contributed by atoms with Gasteiger partial charge in [0.25, 0.3) is 5.91 Å². The van der Waals surface area contributed by atoms with E-state index < -0.39 is 17.6 Å². The summed E-state index contributed by atoms with van der Waals surface area (Å²) in [5, 5.41) is 0. The van der Waals surface area contributed by atoms with Crippen molar-refractivity contribution < 1.29 is 14.3 Å². The molecule has 0 atom stereocenters. The zero-order valence-corrected chi connectivity index (χ0v) is 7.87. The molecule has 1 fully saturated rings. The molecule has 0 aromatic rings. The lowest BCUT2D eigenvalue weighted by Crippen LogP contribution is -2.49. The number of hydrogen-bond acceptors (Lipinski definition) is 3. The smallest absolute Gasteiger partial charge is 0.410 e. The molecule has 2 N–H and O–H groups in total. The van der Waals surface area contributed by atoms with Gasteiger partial charge in [-0.3, -0.25) is 4.79 Å². The maximum absolute atomic E-state index is 11.2. The third-order valence-corrected chi connectivity index (χ3v) is 2.05. The van der Waals surface area contributed by atoms with Crippen molar-refractivity contribution >= 4 is 12.0 Å². The second-order valence-corrected chi connectivity index (χ2v) is 3.58. The van der Waals surface area contributed by atoms with Crippen LogP contribution < -0.4 is 5.73 Å². The van der Waals surface area contributed by atoms with E-state index in [0.717, 1.165) is 6.42 Å². The number of nitrogens with two attached hydrogens (primary N) is 1. The van der Waals surface area contributed by atoms with Crippen molar-refractivity contribution in [2.24, 2.45) is 5.73 Å². The largest absolute Gasteiger partial charge is 0.433 e. The van der Waals surface area contributed by atoms with E-state index in [2.05, 4.69) is 0 Å². The summed E-state index contributed by atoms with van der Waals surface area (Å²) < 4.78 is 4.92. The number of nitrogens with zero attached hydrogens (tertiary/aromatic N) is 1. The fraction of sp³-hybridized carbons (Fsp3) is 0.750. The van der Waals surface area contributed by atoms with Crippen molar-refractivity contribution in [3.63, 3.8) is 0 Å². The van der Waals surface area contributed by atoms with E-state index in [0.29, 0.717) is 13.1 Å². The summed E-state index contributed by atoms with van der Waals surface area (Å²) in [6, 6.07) is 0. The monoisotopic (exact) mass is 186 g/mol. The second kappa shape index (κ2) is 3.24. The Morgan fingerprint density at radius 3 is 2.23 bits per heavy atom. The molecule has 0 spiro atoms. The molecule has 0 saturated carbocycles. The summed E-state index contributed by atoms with van der Waals surface area (Å²) in [4.78, 5) is 23.6. The van der Waals surface area contributed by atoms with Crippen LogP contribution in [0.5, 0.6) is 0 Å². The lowest BCUT2D eigenvalue weighted by Gasteiger charge is -2.33. The zero-order chi connectivity index (χ0) is 10.1. The van der Waals surface area contributed by atoms with Crippen molar-refractivity contribution in [3.05, 3.63) is 0 Å². The molecule has 0 aromatic carbocycles. The Morgan fingerprint density at radius 2 is 1.92 bits per heavy atom. The van der Waals surface area contributed by atoms with Gasteiger partial charge in [-0.25, -0.2) is 4.79 Å². The van der Waals surface area contributed by atoms with Gasteiger partial charge in [-0.2, -0.15) is 0 Å². The Labute approximate surface area is 76.8 Å². The standard InChI is InChI=1S/C8H14N2O3/c1-8(2,6(9)11)13-7(12)10-4-3-5-10/h3-5H2,1-2H3,(H2,9,11). The topological polar surface area (TPSA) is 72.6 Å². The maximum Gasteiger partial charge on any atom is 0.410 e. The van der Waals surface area contributed by atoms with Crippen molar-refractivity contribution in [2.75, 3.05) is 13.1 Å². The number of likely N-dealkylation sites (tertiary alicyclic amines) is 1. The van der Waals surface area contributed by atoms with Crippen LogP contribution >= 0.6 is 0 Å². The van der Waals surface area contributed by atoms with E-state index in [4.69, 9.17) is 10.5 Å². The predicted molar refractivity (Wildman–Crippen MR) is 45.9 cm³/mol. The number of carbonyl (C=O) groups is 2. The highest BCUT2D eigenvalue weighted by atomic mass is 16.6. The van der Waals surface area contributed by atoms with Crippen molar-refractivity contribution in [1.82, 2.24) is 4.90 Å². The molecule has 0 aliphatic carbocycles. The lowest BCUT2D eigenvalue weighted by molar-refractivity contribution is -0.134. The van der Waals surface area contributed by atoms with Crippen LogP contribution in [0.15, 0.2) is 0 Å². The highest BCUT2D eigenvalue weighted by molar-refractivity contribution is 5.85. The summed E-state index contributed by atoms with van der Waals surface area (Å²) in [5.41, 5.74) is 3.83. The first-order valence-electron chi connectivity index (χ1n) is 4.21. The van der Waals surface area contributed by atoms with Gasteiger partial charge in [-0.1, -0.05) is 0 Å². The number of carbonyl (C=O) groups excluding carboxylic acids is 2.